The van der Waals surface area contributed by atoms with Gasteiger partial charge in [0, 0.05) is 18.7 Å². The van der Waals surface area contributed by atoms with Crippen LogP contribution in [-0.4, -0.2) is 30.4 Å². The molecule has 1 atom stereocenters. The van der Waals surface area contributed by atoms with Crippen molar-refractivity contribution in [2.24, 2.45) is 11.7 Å². The summed E-state index contributed by atoms with van der Waals surface area (Å²) in [6.07, 6.45) is 3.18. The molecule has 3 nitrogen and oxygen atoms in total. The molecule has 3 heteroatoms. The van der Waals surface area contributed by atoms with Crippen molar-refractivity contribution in [2.75, 3.05) is 19.6 Å². The SMILES string of the molecule is CCC1CCN(C(=O)c2ccc(CCN)cc2)C1. The highest BCUT2D eigenvalue weighted by molar-refractivity contribution is 5.94. The minimum atomic E-state index is 0.172. The first-order chi connectivity index (χ1) is 8.74. The maximum absolute atomic E-state index is 12.3. The van der Waals surface area contributed by atoms with E-state index in [-0.39, 0.29) is 5.91 Å². The van der Waals surface area contributed by atoms with Crippen LogP contribution in [0.25, 0.3) is 0 Å². The number of hydrogen-bond donors (Lipinski definition) is 1. The standard InChI is InChI=1S/C15H22N2O/c1-2-12-8-10-17(11-12)15(18)14-5-3-13(4-6-14)7-9-16/h3-6,12H,2,7-11,16H2,1H3. The summed E-state index contributed by atoms with van der Waals surface area (Å²) in [6, 6.07) is 7.86. The first-order valence-electron chi connectivity index (χ1n) is 6.83. The van der Waals surface area contributed by atoms with Crippen molar-refractivity contribution in [3.63, 3.8) is 0 Å². The van der Waals surface area contributed by atoms with Gasteiger partial charge in [-0.05, 0) is 43.0 Å². The number of hydrogen-bond acceptors (Lipinski definition) is 2. The van der Waals surface area contributed by atoms with Crippen LogP contribution in [0.3, 0.4) is 0 Å². The Morgan fingerprint density at radius 2 is 2.11 bits per heavy atom. The fourth-order valence-electron chi connectivity index (χ4n) is 2.51. The molecular weight excluding hydrogens is 224 g/mol. The highest BCUT2D eigenvalue weighted by Crippen LogP contribution is 2.21. The van der Waals surface area contributed by atoms with Gasteiger partial charge in [-0.25, -0.2) is 0 Å². The average molecular weight is 246 g/mol. The van der Waals surface area contributed by atoms with E-state index >= 15 is 0 Å². The molecule has 98 valence electrons. The van der Waals surface area contributed by atoms with Crippen LogP contribution in [0.15, 0.2) is 24.3 Å². The van der Waals surface area contributed by atoms with Crippen LogP contribution < -0.4 is 5.73 Å². The third-order valence-corrected chi connectivity index (χ3v) is 3.78. The molecule has 0 bridgehead atoms. The van der Waals surface area contributed by atoms with E-state index < -0.39 is 0 Å². The van der Waals surface area contributed by atoms with Crippen molar-refractivity contribution in [2.45, 2.75) is 26.2 Å². The van der Waals surface area contributed by atoms with Crippen LogP contribution in [0, 0.1) is 5.92 Å². The molecule has 1 amide bonds. The smallest absolute Gasteiger partial charge is 0.253 e. The van der Waals surface area contributed by atoms with Crippen molar-refractivity contribution < 1.29 is 4.79 Å². The molecule has 1 aromatic rings. The van der Waals surface area contributed by atoms with Crippen LogP contribution in [0.5, 0.6) is 0 Å². The molecule has 1 unspecified atom stereocenters. The molecule has 1 aromatic carbocycles. The lowest BCUT2D eigenvalue weighted by Crippen LogP contribution is -2.28. The molecule has 18 heavy (non-hydrogen) atoms. The van der Waals surface area contributed by atoms with Gasteiger partial charge in [-0.3, -0.25) is 4.79 Å². The van der Waals surface area contributed by atoms with E-state index in [0.29, 0.717) is 12.5 Å². The van der Waals surface area contributed by atoms with Crippen molar-refractivity contribution in [3.05, 3.63) is 35.4 Å². The van der Waals surface area contributed by atoms with Crippen molar-refractivity contribution in [1.82, 2.24) is 4.90 Å². The van der Waals surface area contributed by atoms with Gasteiger partial charge in [-0.1, -0.05) is 25.5 Å². The Labute approximate surface area is 109 Å². The molecule has 2 N–H and O–H groups in total. The van der Waals surface area contributed by atoms with Crippen molar-refractivity contribution in [1.29, 1.82) is 0 Å². The normalized spacial score (nSPS) is 19.2. The Hall–Kier alpha value is -1.35. The summed E-state index contributed by atoms with van der Waals surface area (Å²) >= 11 is 0. The predicted molar refractivity (Wildman–Crippen MR) is 73.5 cm³/mol. The van der Waals surface area contributed by atoms with Crippen LogP contribution in [0.4, 0.5) is 0 Å². The summed E-state index contributed by atoms with van der Waals surface area (Å²) < 4.78 is 0. The lowest BCUT2D eigenvalue weighted by Gasteiger charge is -2.16. The van der Waals surface area contributed by atoms with Crippen LogP contribution in [-0.2, 0) is 6.42 Å². The van der Waals surface area contributed by atoms with Gasteiger partial charge in [0.05, 0.1) is 0 Å². The van der Waals surface area contributed by atoms with Gasteiger partial charge >= 0.3 is 0 Å². The maximum atomic E-state index is 12.3. The first-order valence-corrected chi connectivity index (χ1v) is 6.83. The molecule has 0 radical (unpaired) electrons. The zero-order chi connectivity index (χ0) is 13.0. The van der Waals surface area contributed by atoms with E-state index in [1.54, 1.807) is 0 Å². The summed E-state index contributed by atoms with van der Waals surface area (Å²) in [4.78, 5) is 14.3. The summed E-state index contributed by atoms with van der Waals surface area (Å²) in [6.45, 7) is 4.67. The molecule has 2 rings (SSSR count). The number of benzene rings is 1. The second-order valence-corrected chi connectivity index (χ2v) is 5.05. The van der Waals surface area contributed by atoms with Crippen molar-refractivity contribution in [3.8, 4) is 0 Å². The lowest BCUT2D eigenvalue weighted by molar-refractivity contribution is 0.0787. The third kappa shape index (κ3) is 2.91. The molecule has 1 heterocycles. The summed E-state index contributed by atoms with van der Waals surface area (Å²) in [5, 5.41) is 0. The number of nitrogens with zero attached hydrogens (tertiary/aromatic N) is 1. The van der Waals surface area contributed by atoms with Crippen LogP contribution in [0.2, 0.25) is 0 Å². The van der Waals surface area contributed by atoms with Crippen molar-refractivity contribution >= 4 is 5.91 Å². The van der Waals surface area contributed by atoms with E-state index in [9.17, 15) is 4.79 Å². The molecule has 1 aliphatic heterocycles. The highest BCUT2D eigenvalue weighted by Gasteiger charge is 2.25. The molecule has 1 aliphatic rings. The fraction of sp³-hybridized carbons (Fsp3) is 0.533. The van der Waals surface area contributed by atoms with Crippen LogP contribution in [0.1, 0.15) is 35.7 Å². The summed E-state index contributed by atoms with van der Waals surface area (Å²) in [5.41, 5.74) is 7.51. The van der Waals surface area contributed by atoms with E-state index in [2.05, 4.69) is 6.92 Å². The zero-order valence-electron chi connectivity index (χ0n) is 11.1. The largest absolute Gasteiger partial charge is 0.338 e. The Bertz CT molecular complexity index is 399. The molecular formula is C15H22N2O. The number of nitrogens with two attached hydrogens (primary N) is 1. The first kappa shape index (κ1) is 13.1. The fourth-order valence-corrected chi connectivity index (χ4v) is 2.51. The number of carbonyl (C=O) groups excluding carboxylic acids is 1. The van der Waals surface area contributed by atoms with E-state index in [4.69, 9.17) is 5.73 Å². The van der Waals surface area contributed by atoms with E-state index in [1.165, 1.54) is 12.0 Å². The maximum Gasteiger partial charge on any atom is 0.253 e. The lowest BCUT2D eigenvalue weighted by atomic mass is 10.1. The van der Waals surface area contributed by atoms with Crippen LogP contribution >= 0.6 is 0 Å². The number of likely N-dealkylation sites (tertiary alicyclic amines) is 1. The summed E-state index contributed by atoms with van der Waals surface area (Å²) in [7, 11) is 0. The Balaban J connectivity index is 2.00. The van der Waals surface area contributed by atoms with Gasteiger partial charge in [0.25, 0.3) is 5.91 Å². The van der Waals surface area contributed by atoms with Gasteiger partial charge in [0.2, 0.25) is 0 Å². The Morgan fingerprint density at radius 1 is 1.39 bits per heavy atom. The third-order valence-electron chi connectivity index (χ3n) is 3.78. The number of carbonyl (C=O) groups is 1. The summed E-state index contributed by atoms with van der Waals surface area (Å²) in [5.74, 6) is 0.857. The van der Waals surface area contributed by atoms with E-state index in [0.717, 1.165) is 31.5 Å². The second kappa shape index (κ2) is 6.01. The monoisotopic (exact) mass is 246 g/mol. The molecule has 0 aromatic heterocycles. The van der Waals surface area contributed by atoms with Gasteiger partial charge in [-0.15, -0.1) is 0 Å². The molecule has 0 saturated carbocycles. The minimum absolute atomic E-state index is 0.172. The minimum Gasteiger partial charge on any atom is -0.338 e. The molecule has 1 fully saturated rings. The van der Waals surface area contributed by atoms with Gasteiger partial charge in [0.1, 0.15) is 0 Å². The molecule has 0 aliphatic carbocycles. The highest BCUT2D eigenvalue weighted by atomic mass is 16.2. The average Bonchev–Trinajstić information content (AvgIpc) is 2.88. The van der Waals surface area contributed by atoms with E-state index in [1.807, 2.05) is 29.2 Å². The second-order valence-electron chi connectivity index (χ2n) is 5.05. The topological polar surface area (TPSA) is 46.3 Å². The quantitative estimate of drug-likeness (QED) is 0.884. The van der Waals surface area contributed by atoms with Gasteiger partial charge < -0.3 is 10.6 Å². The number of rotatable bonds is 4. The molecule has 0 spiro atoms. The Morgan fingerprint density at radius 3 is 2.67 bits per heavy atom. The van der Waals surface area contributed by atoms with Gasteiger partial charge in [-0.2, -0.15) is 0 Å². The predicted octanol–water partition coefficient (Wildman–Crippen LogP) is 2.06. The molecule has 1 saturated heterocycles. The number of amides is 1. The Kier molecular flexibility index (Phi) is 4.37. The van der Waals surface area contributed by atoms with Gasteiger partial charge in [0.15, 0.2) is 0 Å². The zero-order valence-corrected chi connectivity index (χ0v) is 11.1.